The number of Topliss-reactive ketones (excluding diaryl/α,β-unsaturated/α-hetero) is 1. The molecule has 1 aliphatic carbocycles. The molecule has 0 bridgehead atoms. The van der Waals surface area contributed by atoms with E-state index in [1.54, 1.807) is 35.2 Å². The molecule has 3 aromatic carbocycles. The number of amides is 2. The van der Waals surface area contributed by atoms with Crippen LogP contribution in [0.5, 0.6) is 0 Å². The average Bonchev–Trinajstić information content (AvgIpc) is 3.46. The van der Waals surface area contributed by atoms with E-state index in [0.29, 0.717) is 54.8 Å². The third-order valence-corrected chi connectivity index (χ3v) is 10.1. The average molecular weight is 600 g/mol. The van der Waals surface area contributed by atoms with E-state index < -0.39 is 0 Å². The SMILES string of the molecule is O=C(CSc1nc2ccc(NC(=O)c3ccccc3C(=O)N3CCOCC3)cc2s1)c1ccc(C2CCCCC2)cc1. The van der Waals surface area contributed by atoms with Gasteiger partial charge in [0.25, 0.3) is 11.8 Å². The fraction of sp³-hybridized carbons (Fsp3) is 0.333. The molecule has 2 amide bonds. The largest absolute Gasteiger partial charge is 0.378 e. The van der Waals surface area contributed by atoms with Crippen LogP contribution in [0.3, 0.4) is 0 Å². The predicted octanol–water partition coefficient (Wildman–Crippen LogP) is 7.04. The third kappa shape index (κ3) is 6.59. The van der Waals surface area contributed by atoms with Gasteiger partial charge in [-0.1, -0.05) is 67.4 Å². The zero-order valence-corrected chi connectivity index (χ0v) is 25.0. The number of hydrogen-bond donors (Lipinski definition) is 1. The molecule has 42 heavy (non-hydrogen) atoms. The first-order valence-electron chi connectivity index (χ1n) is 14.5. The van der Waals surface area contributed by atoms with Crippen LogP contribution in [-0.4, -0.2) is 59.5 Å². The van der Waals surface area contributed by atoms with Crippen LogP contribution >= 0.6 is 23.1 Å². The molecule has 0 atom stereocenters. The summed E-state index contributed by atoms with van der Waals surface area (Å²) in [7, 11) is 0. The number of hydrogen-bond acceptors (Lipinski definition) is 7. The molecule has 1 saturated heterocycles. The molecule has 7 nitrogen and oxygen atoms in total. The number of thiazole rings is 1. The number of nitrogens with zero attached hydrogens (tertiary/aromatic N) is 2. The van der Waals surface area contributed by atoms with Gasteiger partial charge in [-0.15, -0.1) is 11.3 Å². The highest BCUT2D eigenvalue weighted by atomic mass is 32.2. The quantitative estimate of drug-likeness (QED) is 0.173. The van der Waals surface area contributed by atoms with Gasteiger partial charge in [0.05, 0.1) is 40.3 Å². The monoisotopic (exact) mass is 599 g/mol. The van der Waals surface area contributed by atoms with Crippen molar-refractivity contribution < 1.29 is 19.1 Å². The molecule has 9 heteroatoms. The Bertz CT molecular complexity index is 1590. The first-order valence-corrected chi connectivity index (χ1v) is 16.3. The minimum atomic E-state index is -0.342. The van der Waals surface area contributed by atoms with Gasteiger partial charge < -0.3 is 15.0 Å². The van der Waals surface area contributed by atoms with Crippen molar-refractivity contribution in [2.75, 3.05) is 37.4 Å². The summed E-state index contributed by atoms with van der Waals surface area (Å²) in [5.74, 6) is 0.527. The van der Waals surface area contributed by atoms with Gasteiger partial charge in [0.1, 0.15) is 0 Å². The smallest absolute Gasteiger partial charge is 0.256 e. The number of ketones is 1. The van der Waals surface area contributed by atoms with Crippen LogP contribution < -0.4 is 5.32 Å². The maximum absolute atomic E-state index is 13.2. The Kier molecular flexibility index (Phi) is 8.98. The molecule has 1 N–H and O–H groups in total. The van der Waals surface area contributed by atoms with Crippen molar-refractivity contribution in [3.63, 3.8) is 0 Å². The number of benzene rings is 3. The lowest BCUT2D eigenvalue weighted by Crippen LogP contribution is -2.41. The summed E-state index contributed by atoms with van der Waals surface area (Å²) < 4.78 is 7.08. The normalized spacial score (nSPS) is 16.0. The van der Waals surface area contributed by atoms with Gasteiger partial charge in [0.2, 0.25) is 0 Å². The number of thioether (sulfide) groups is 1. The number of nitrogens with one attached hydrogen (secondary N) is 1. The maximum atomic E-state index is 13.2. The predicted molar refractivity (Wildman–Crippen MR) is 168 cm³/mol. The molecule has 1 saturated carbocycles. The van der Waals surface area contributed by atoms with Crippen molar-refractivity contribution in [2.24, 2.45) is 0 Å². The lowest BCUT2D eigenvalue weighted by molar-refractivity contribution is 0.0302. The van der Waals surface area contributed by atoms with Crippen molar-refractivity contribution in [3.8, 4) is 0 Å². The number of fused-ring (bicyclic) bond motifs is 1. The number of carbonyl (C=O) groups excluding carboxylic acids is 3. The van der Waals surface area contributed by atoms with Crippen molar-refractivity contribution in [2.45, 2.75) is 42.4 Å². The van der Waals surface area contributed by atoms with Gasteiger partial charge >= 0.3 is 0 Å². The number of carbonyl (C=O) groups is 3. The zero-order valence-electron chi connectivity index (χ0n) is 23.3. The van der Waals surface area contributed by atoms with Crippen molar-refractivity contribution in [1.82, 2.24) is 9.88 Å². The van der Waals surface area contributed by atoms with E-state index in [2.05, 4.69) is 22.4 Å². The van der Waals surface area contributed by atoms with Crippen molar-refractivity contribution in [1.29, 1.82) is 0 Å². The van der Waals surface area contributed by atoms with Gasteiger partial charge in [-0.2, -0.15) is 0 Å². The second kappa shape index (κ2) is 13.2. The Hall–Kier alpha value is -3.53. The summed E-state index contributed by atoms with van der Waals surface area (Å²) >= 11 is 2.93. The van der Waals surface area contributed by atoms with E-state index in [9.17, 15) is 14.4 Å². The van der Waals surface area contributed by atoms with Crippen LogP contribution in [0.2, 0.25) is 0 Å². The Labute approximate surface area is 253 Å². The standard InChI is InChI=1S/C33H33N3O4S2/c37-29(24-12-10-23(11-13-24)22-6-2-1-3-7-22)21-41-33-35-28-15-14-25(20-30(28)42-33)34-31(38)26-8-4-5-9-27(26)32(39)36-16-18-40-19-17-36/h4-5,8-15,20,22H,1-3,6-7,16-19,21H2,(H,34,38). The van der Waals surface area contributed by atoms with Crippen LogP contribution in [0.4, 0.5) is 5.69 Å². The highest BCUT2D eigenvalue weighted by Crippen LogP contribution is 2.34. The topological polar surface area (TPSA) is 88.6 Å². The lowest BCUT2D eigenvalue weighted by atomic mass is 9.84. The zero-order chi connectivity index (χ0) is 28.9. The number of anilines is 1. The molecule has 0 unspecified atom stereocenters. The Morgan fingerprint density at radius 3 is 2.43 bits per heavy atom. The summed E-state index contributed by atoms with van der Waals surface area (Å²) in [4.78, 5) is 45.6. The number of rotatable bonds is 8. The minimum Gasteiger partial charge on any atom is -0.378 e. The van der Waals surface area contributed by atoms with E-state index in [4.69, 9.17) is 4.74 Å². The summed E-state index contributed by atoms with van der Waals surface area (Å²) in [6.45, 7) is 2.01. The Morgan fingerprint density at radius 1 is 0.929 bits per heavy atom. The number of morpholine rings is 1. The highest BCUT2D eigenvalue weighted by Gasteiger charge is 2.23. The molecule has 216 valence electrons. The Balaban J connectivity index is 1.08. The molecule has 1 aromatic heterocycles. The van der Waals surface area contributed by atoms with E-state index in [1.807, 2.05) is 24.3 Å². The second-order valence-corrected chi connectivity index (χ2v) is 13.0. The van der Waals surface area contributed by atoms with E-state index in [1.165, 1.54) is 60.8 Å². The van der Waals surface area contributed by atoms with Crippen LogP contribution in [0.15, 0.2) is 71.1 Å². The molecule has 0 radical (unpaired) electrons. The van der Waals surface area contributed by atoms with Crippen molar-refractivity contribution in [3.05, 3.63) is 89.0 Å². The summed E-state index contributed by atoms with van der Waals surface area (Å²) in [5.41, 5.74) is 4.23. The first-order chi connectivity index (χ1) is 20.5. The van der Waals surface area contributed by atoms with E-state index in [-0.39, 0.29) is 17.6 Å². The first kappa shape index (κ1) is 28.6. The van der Waals surface area contributed by atoms with E-state index in [0.717, 1.165) is 20.1 Å². The maximum Gasteiger partial charge on any atom is 0.256 e. The highest BCUT2D eigenvalue weighted by molar-refractivity contribution is 8.01. The molecule has 1 aliphatic heterocycles. The van der Waals surface area contributed by atoms with Crippen LogP contribution in [0.1, 0.15) is 74.7 Å². The molecule has 2 aliphatic rings. The molecule has 2 heterocycles. The fourth-order valence-electron chi connectivity index (χ4n) is 5.63. The Morgan fingerprint density at radius 2 is 1.67 bits per heavy atom. The number of ether oxygens (including phenoxy) is 1. The fourth-order valence-corrected chi connectivity index (χ4v) is 7.64. The van der Waals surface area contributed by atoms with E-state index >= 15 is 0 Å². The van der Waals surface area contributed by atoms with Gasteiger partial charge in [-0.25, -0.2) is 4.98 Å². The minimum absolute atomic E-state index is 0.0905. The third-order valence-electron chi connectivity index (χ3n) is 7.96. The van der Waals surface area contributed by atoms with Gasteiger partial charge in [0.15, 0.2) is 10.1 Å². The molecule has 0 spiro atoms. The molecular formula is C33H33N3O4S2. The molecule has 6 rings (SSSR count). The molecule has 2 fully saturated rings. The van der Waals surface area contributed by atoms with Crippen molar-refractivity contribution >= 4 is 56.6 Å². The number of aromatic nitrogens is 1. The van der Waals surface area contributed by atoms with Crippen LogP contribution in [-0.2, 0) is 4.74 Å². The summed E-state index contributed by atoms with van der Waals surface area (Å²) in [6.07, 6.45) is 6.41. The van der Waals surface area contributed by atoms with Gasteiger partial charge in [-0.3, -0.25) is 14.4 Å². The summed E-state index contributed by atoms with van der Waals surface area (Å²) in [6, 6.07) is 20.6. The van der Waals surface area contributed by atoms with Gasteiger partial charge in [0, 0.05) is 24.3 Å². The summed E-state index contributed by atoms with van der Waals surface area (Å²) in [5, 5.41) is 2.94. The molecular weight excluding hydrogens is 567 g/mol. The van der Waals surface area contributed by atoms with Crippen LogP contribution in [0.25, 0.3) is 10.2 Å². The lowest BCUT2D eigenvalue weighted by Gasteiger charge is -2.27. The van der Waals surface area contributed by atoms with Gasteiger partial charge in [-0.05, 0) is 54.7 Å². The second-order valence-electron chi connectivity index (χ2n) is 10.7. The van der Waals surface area contributed by atoms with Crippen LogP contribution in [0, 0.1) is 0 Å². The molecule has 4 aromatic rings.